The van der Waals surface area contributed by atoms with Crippen LogP contribution in [0.1, 0.15) is 19.4 Å². The monoisotopic (exact) mass is 250 g/mol. The van der Waals surface area contributed by atoms with E-state index < -0.39 is 5.97 Å². The SMILES string of the molecule is CC(C)C(Cc1ccc2c(c1)OCCO2)C(=O)O. The Morgan fingerprint density at radius 2 is 1.94 bits per heavy atom. The molecule has 1 N–H and O–H groups in total. The van der Waals surface area contributed by atoms with Gasteiger partial charge in [-0.1, -0.05) is 19.9 Å². The molecule has 4 heteroatoms. The van der Waals surface area contributed by atoms with Crippen molar-refractivity contribution < 1.29 is 19.4 Å². The number of carboxylic acids is 1. The Kier molecular flexibility index (Phi) is 3.75. The molecule has 0 bridgehead atoms. The molecule has 0 saturated heterocycles. The number of ether oxygens (including phenoxy) is 2. The maximum Gasteiger partial charge on any atom is 0.307 e. The first-order valence-corrected chi connectivity index (χ1v) is 6.19. The predicted molar refractivity (Wildman–Crippen MR) is 67.1 cm³/mol. The fraction of sp³-hybridized carbons (Fsp3) is 0.500. The van der Waals surface area contributed by atoms with Crippen LogP contribution in [0.4, 0.5) is 0 Å². The average Bonchev–Trinajstić information content (AvgIpc) is 2.35. The van der Waals surface area contributed by atoms with Crippen molar-refractivity contribution in [2.45, 2.75) is 20.3 Å². The largest absolute Gasteiger partial charge is 0.486 e. The number of benzene rings is 1. The summed E-state index contributed by atoms with van der Waals surface area (Å²) in [7, 11) is 0. The van der Waals surface area contributed by atoms with Crippen LogP contribution in [0.15, 0.2) is 18.2 Å². The van der Waals surface area contributed by atoms with E-state index in [1.807, 2.05) is 32.0 Å². The summed E-state index contributed by atoms with van der Waals surface area (Å²) in [5, 5.41) is 9.19. The third-order valence-electron chi connectivity index (χ3n) is 3.18. The summed E-state index contributed by atoms with van der Waals surface area (Å²) in [6, 6.07) is 5.64. The van der Waals surface area contributed by atoms with E-state index in [-0.39, 0.29) is 11.8 Å². The van der Waals surface area contributed by atoms with E-state index in [1.165, 1.54) is 0 Å². The molecule has 0 fully saturated rings. The zero-order chi connectivity index (χ0) is 13.1. The molecule has 98 valence electrons. The lowest BCUT2D eigenvalue weighted by molar-refractivity contribution is -0.143. The van der Waals surface area contributed by atoms with E-state index in [0.717, 1.165) is 11.3 Å². The van der Waals surface area contributed by atoms with Crippen LogP contribution >= 0.6 is 0 Å². The number of fused-ring (bicyclic) bond motifs is 1. The lowest BCUT2D eigenvalue weighted by atomic mass is 9.89. The van der Waals surface area contributed by atoms with E-state index in [0.29, 0.717) is 25.4 Å². The second kappa shape index (κ2) is 5.29. The highest BCUT2D eigenvalue weighted by atomic mass is 16.6. The highest BCUT2D eigenvalue weighted by Gasteiger charge is 2.22. The molecule has 0 radical (unpaired) electrons. The smallest absolute Gasteiger partial charge is 0.307 e. The Bertz CT molecular complexity index is 439. The fourth-order valence-electron chi connectivity index (χ4n) is 2.08. The molecule has 1 heterocycles. The van der Waals surface area contributed by atoms with Gasteiger partial charge in [-0.3, -0.25) is 4.79 Å². The topological polar surface area (TPSA) is 55.8 Å². The van der Waals surface area contributed by atoms with Crippen molar-refractivity contribution in [1.29, 1.82) is 0 Å². The van der Waals surface area contributed by atoms with Crippen LogP contribution in [0.3, 0.4) is 0 Å². The molecular weight excluding hydrogens is 232 g/mol. The van der Waals surface area contributed by atoms with Crippen molar-refractivity contribution in [1.82, 2.24) is 0 Å². The van der Waals surface area contributed by atoms with Crippen molar-refractivity contribution in [2.24, 2.45) is 11.8 Å². The molecule has 1 unspecified atom stereocenters. The second-order valence-electron chi connectivity index (χ2n) is 4.87. The Labute approximate surface area is 107 Å². The van der Waals surface area contributed by atoms with Gasteiger partial charge in [-0.05, 0) is 30.0 Å². The molecule has 0 amide bonds. The molecule has 1 aromatic carbocycles. The van der Waals surface area contributed by atoms with Crippen molar-refractivity contribution in [2.75, 3.05) is 13.2 Å². The highest BCUT2D eigenvalue weighted by Crippen LogP contribution is 2.32. The molecule has 0 aliphatic carbocycles. The summed E-state index contributed by atoms with van der Waals surface area (Å²) < 4.78 is 10.9. The first-order chi connectivity index (χ1) is 8.58. The Hall–Kier alpha value is -1.71. The van der Waals surface area contributed by atoms with E-state index >= 15 is 0 Å². The molecule has 4 nitrogen and oxygen atoms in total. The summed E-state index contributed by atoms with van der Waals surface area (Å²) >= 11 is 0. The molecule has 0 aromatic heterocycles. The normalized spacial score (nSPS) is 15.5. The molecule has 1 atom stereocenters. The molecule has 0 saturated carbocycles. The van der Waals surface area contributed by atoms with Crippen molar-refractivity contribution in [3.05, 3.63) is 23.8 Å². The number of hydrogen-bond donors (Lipinski definition) is 1. The van der Waals surface area contributed by atoms with Gasteiger partial charge in [-0.2, -0.15) is 0 Å². The molecule has 18 heavy (non-hydrogen) atoms. The second-order valence-corrected chi connectivity index (χ2v) is 4.87. The van der Waals surface area contributed by atoms with Gasteiger partial charge in [0.25, 0.3) is 0 Å². The van der Waals surface area contributed by atoms with Gasteiger partial charge in [-0.25, -0.2) is 0 Å². The summed E-state index contributed by atoms with van der Waals surface area (Å²) in [4.78, 5) is 11.2. The van der Waals surface area contributed by atoms with Gasteiger partial charge in [0.15, 0.2) is 11.5 Å². The van der Waals surface area contributed by atoms with E-state index in [9.17, 15) is 9.90 Å². The summed E-state index contributed by atoms with van der Waals surface area (Å²) in [6.07, 6.45) is 0.518. The van der Waals surface area contributed by atoms with Gasteiger partial charge >= 0.3 is 5.97 Å². The number of aliphatic carboxylic acids is 1. The van der Waals surface area contributed by atoms with Crippen molar-refractivity contribution in [3.8, 4) is 11.5 Å². The van der Waals surface area contributed by atoms with Crippen LogP contribution in [-0.2, 0) is 11.2 Å². The minimum absolute atomic E-state index is 0.107. The lowest BCUT2D eigenvalue weighted by Crippen LogP contribution is -2.22. The summed E-state index contributed by atoms with van der Waals surface area (Å²) in [5.41, 5.74) is 0.973. The molecule has 1 aliphatic rings. The number of hydrogen-bond acceptors (Lipinski definition) is 3. The first-order valence-electron chi connectivity index (χ1n) is 6.19. The zero-order valence-electron chi connectivity index (χ0n) is 10.7. The molecule has 2 rings (SSSR count). The van der Waals surface area contributed by atoms with Crippen LogP contribution < -0.4 is 9.47 Å². The summed E-state index contributed by atoms with van der Waals surface area (Å²) in [6.45, 7) is 4.96. The third-order valence-corrected chi connectivity index (χ3v) is 3.18. The lowest BCUT2D eigenvalue weighted by Gasteiger charge is -2.20. The average molecular weight is 250 g/mol. The van der Waals surface area contributed by atoms with E-state index in [2.05, 4.69) is 0 Å². The van der Waals surface area contributed by atoms with Crippen LogP contribution in [0.25, 0.3) is 0 Å². The van der Waals surface area contributed by atoms with Gasteiger partial charge < -0.3 is 14.6 Å². The molecule has 1 aliphatic heterocycles. The molecule has 0 spiro atoms. The minimum atomic E-state index is -0.750. The Morgan fingerprint density at radius 1 is 1.28 bits per heavy atom. The maximum absolute atomic E-state index is 11.2. The van der Waals surface area contributed by atoms with E-state index in [1.54, 1.807) is 0 Å². The Balaban J connectivity index is 2.16. The number of carboxylic acid groups (broad SMARTS) is 1. The van der Waals surface area contributed by atoms with E-state index in [4.69, 9.17) is 9.47 Å². The van der Waals surface area contributed by atoms with Gasteiger partial charge in [0.05, 0.1) is 5.92 Å². The van der Waals surface area contributed by atoms with Crippen molar-refractivity contribution in [3.63, 3.8) is 0 Å². The number of carbonyl (C=O) groups is 1. The van der Waals surface area contributed by atoms with Crippen LogP contribution in [-0.4, -0.2) is 24.3 Å². The quantitative estimate of drug-likeness (QED) is 0.891. The highest BCUT2D eigenvalue weighted by molar-refractivity contribution is 5.70. The van der Waals surface area contributed by atoms with Crippen LogP contribution in [0.5, 0.6) is 11.5 Å². The third kappa shape index (κ3) is 2.75. The predicted octanol–water partition coefficient (Wildman–Crippen LogP) is 2.36. The maximum atomic E-state index is 11.2. The van der Waals surface area contributed by atoms with Gasteiger partial charge in [0, 0.05) is 0 Å². The Morgan fingerprint density at radius 3 is 2.56 bits per heavy atom. The zero-order valence-corrected chi connectivity index (χ0v) is 10.7. The molecular formula is C14H18O4. The molecule has 1 aromatic rings. The van der Waals surface area contributed by atoms with Gasteiger partial charge in [-0.15, -0.1) is 0 Å². The van der Waals surface area contributed by atoms with Crippen molar-refractivity contribution >= 4 is 5.97 Å². The van der Waals surface area contributed by atoms with Gasteiger partial charge in [0.1, 0.15) is 13.2 Å². The van der Waals surface area contributed by atoms with Crippen LogP contribution in [0.2, 0.25) is 0 Å². The first kappa shape index (κ1) is 12.7. The minimum Gasteiger partial charge on any atom is -0.486 e. The van der Waals surface area contributed by atoms with Gasteiger partial charge in [0.2, 0.25) is 0 Å². The number of rotatable bonds is 4. The van der Waals surface area contributed by atoms with Crippen LogP contribution in [0, 0.1) is 11.8 Å². The standard InChI is InChI=1S/C14H18O4/c1-9(2)11(14(15)16)7-10-3-4-12-13(8-10)18-6-5-17-12/h3-4,8-9,11H,5-7H2,1-2H3,(H,15,16). The summed E-state index contributed by atoms with van der Waals surface area (Å²) in [5.74, 6) is 0.441. The fourth-order valence-corrected chi connectivity index (χ4v) is 2.08.